The molecule has 0 saturated carbocycles. The molecule has 0 unspecified atom stereocenters. The zero-order valence-electron chi connectivity index (χ0n) is 11.0. The smallest absolute Gasteiger partial charge is 0.174 e. The number of hydrogen-bond acceptors (Lipinski definition) is 6. The average molecular weight is 295 g/mol. The highest BCUT2D eigenvalue weighted by molar-refractivity contribution is 8.01. The Kier molecular flexibility index (Phi) is 5.78. The Morgan fingerprint density at radius 3 is 2.95 bits per heavy atom. The third-order valence-electron chi connectivity index (χ3n) is 2.48. The molecule has 1 aromatic heterocycles. The summed E-state index contributed by atoms with van der Waals surface area (Å²) in [6.07, 6.45) is 0. The van der Waals surface area contributed by atoms with E-state index in [0.717, 1.165) is 29.9 Å². The van der Waals surface area contributed by atoms with Gasteiger partial charge >= 0.3 is 0 Å². The van der Waals surface area contributed by atoms with Crippen LogP contribution in [0.3, 0.4) is 0 Å². The molecular formula is C13H17N3OS2. The molecule has 1 N–H and O–H groups in total. The van der Waals surface area contributed by atoms with Gasteiger partial charge in [0.25, 0.3) is 0 Å². The summed E-state index contributed by atoms with van der Waals surface area (Å²) in [5, 5.41) is 3.36. The lowest BCUT2D eigenvalue weighted by molar-refractivity contribution is 0.199. The van der Waals surface area contributed by atoms with Crippen LogP contribution in [0.15, 0.2) is 33.5 Å². The van der Waals surface area contributed by atoms with Crippen molar-refractivity contribution >= 4 is 23.3 Å². The molecule has 2 rings (SSSR count). The van der Waals surface area contributed by atoms with Gasteiger partial charge < -0.3 is 10.1 Å². The first kappa shape index (κ1) is 14.5. The lowest BCUT2D eigenvalue weighted by Crippen LogP contribution is -2.18. The summed E-state index contributed by atoms with van der Waals surface area (Å²) in [6, 6.07) is 8.36. The van der Waals surface area contributed by atoms with Crippen LogP contribution in [0, 0.1) is 6.92 Å². The molecule has 0 radical (unpaired) electrons. The van der Waals surface area contributed by atoms with Crippen molar-refractivity contribution in [3.63, 3.8) is 0 Å². The molecule has 6 heteroatoms. The van der Waals surface area contributed by atoms with Crippen LogP contribution in [0.2, 0.25) is 0 Å². The fourth-order valence-corrected chi connectivity index (χ4v) is 3.30. The third kappa shape index (κ3) is 4.58. The number of nitrogens with one attached hydrogen (secondary N) is 1. The quantitative estimate of drug-likeness (QED) is 0.796. The van der Waals surface area contributed by atoms with E-state index in [4.69, 9.17) is 4.74 Å². The number of aromatic nitrogens is 2. The summed E-state index contributed by atoms with van der Waals surface area (Å²) in [5.74, 6) is 0.836. The largest absolute Gasteiger partial charge is 0.383 e. The number of nitrogens with zero attached hydrogens (tertiary/aromatic N) is 2. The highest BCUT2D eigenvalue weighted by atomic mass is 32.2. The second kappa shape index (κ2) is 7.59. The lowest BCUT2D eigenvalue weighted by atomic mass is 10.2. The Morgan fingerprint density at radius 2 is 2.21 bits per heavy atom. The predicted molar refractivity (Wildman–Crippen MR) is 78.8 cm³/mol. The van der Waals surface area contributed by atoms with Crippen LogP contribution in [0.5, 0.6) is 0 Å². The SMILES string of the molecule is COCCNCc1ccccc1Sc1nc(C)ns1. The zero-order chi connectivity index (χ0) is 13.5. The van der Waals surface area contributed by atoms with Crippen molar-refractivity contribution in [3.05, 3.63) is 35.7 Å². The molecule has 0 atom stereocenters. The highest BCUT2D eigenvalue weighted by Crippen LogP contribution is 2.31. The minimum atomic E-state index is 0.727. The Bertz CT molecular complexity index is 516. The first-order valence-corrected chi connectivity index (χ1v) is 7.64. The van der Waals surface area contributed by atoms with Crippen molar-refractivity contribution in [1.29, 1.82) is 0 Å². The maximum Gasteiger partial charge on any atom is 0.174 e. The summed E-state index contributed by atoms with van der Waals surface area (Å²) in [7, 11) is 1.71. The summed E-state index contributed by atoms with van der Waals surface area (Å²) >= 11 is 3.12. The van der Waals surface area contributed by atoms with Crippen molar-refractivity contribution < 1.29 is 4.74 Å². The minimum Gasteiger partial charge on any atom is -0.383 e. The fraction of sp³-hybridized carbons (Fsp3) is 0.385. The van der Waals surface area contributed by atoms with Gasteiger partial charge in [0.2, 0.25) is 0 Å². The van der Waals surface area contributed by atoms with Crippen LogP contribution in [0.4, 0.5) is 0 Å². The second-order valence-corrected chi connectivity index (χ2v) is 6.03. The van der Waals surface area contributed by atoms with Crippen LogP contribution in [-0.4, -0.2) is 29.6 Å². The van der Waals surface area contributed by atoms with E-state index in [-0.39, 0.29) is 0 Å². The number of aryl methyl sites for hydroxylation is 1. The van der Waals surface area contributed by atoms with E-state index in [0.29, 0.717) is 0 Å². The van der Waals surface area contributed by atoms with E-state index < -0.39 is 0 Å². The van der Waals surface area contributed by atoms with Gasteiger partial charge in [-0.15, -0.1) is 0 Å². The Morgan fingerprint density at radius 1 is 1.37 bits per heavy atom. The van der Waals surface area contributed by atoms with Crippen molar-refractivity contribution in [2.45, 2.75) is 22.7 Å². The summed E-state index contributed by atoms with van der Waals surface area (Å²) < 4.78 is 10.2. The van der Waals surface area contributed by atoms with Gasteiger partial charge in [-0.25, -0.2) is 4.98 Å². The Hall–Kier alpha value is -0.950. The van der Waals surface area contributed by atoms with E-state index in [1.54, 1.807) is 18.9 Å². The average Bonchev–Trinajstić information content (AvgIpc) is 2.82. The van der Waals surface area contributed by atoms with Gasteiger partial charge in [0.15, 0.2) is 4.34 Å². The molecule has 0 fully saturated rings. The summed E-state index contributed by atoms with van der Waals surface area (Å²) in [6.45, 7) is 4.33. The van der Waals surface area contributed by atoms with Gasteiger partial charge in [0.05, 0.1) is 6.61 Å². The van der Waals surface area contributed by atoms with Gasteiger partial charge in [0.1, 0.15) is 5.82 Å². The molecule has 0 amide bonds. The van der Waals surface area contributed by atoms with Crippen molar-refractivity contribution in [1.82, 2.24) is 14.7 Å². The van der Waals surface area contributed by atoms with E-state index in [1.807, 2.05) is 6.92 Å². The molecule has 0 aliphatic carbocycles. The van der Waals surface area contributed by atoms with Crippen LogP contribution in [0.25, 0.3) is 0 Å². The number of ether oxygens (including phenoxy) is 1. The van der Waals surface area contributed by atoms with Crippen LogP contribution < -0.4 is 5.32 Å². The molecule has 0 spiro atoms. The van der Waals surface area contributed by atoms with Crippen molar-refractivity contribution in [2.75, 3.05) is 20.3 Å². The molecule has 0 bridgehead atoms. The molecule has 0 saturated heterocycles. The molecule has 102 valence electrons. The van der Waals surface area contributed by atoms with Gasteiger partial charge in [-0.2, -0.15) is 4.37 Å². The van der Waals surface area contributed by atoms with Gasteiger partial charge in [0, 0.05) is 25.1 Å². The highest BCUT2D eigenvalue weighted by Gasteiger charge is 2.07. The maximum absolute atomic E-state index is 5.02. The van der Waals surface area contributed by atoms with Crippen molar-refractivity contribution in [2.24, 2.45) is 0 Å². The molecule has 19 heavy (non-hydrogen) atoms. The molecule has 4 nitrogen and oxygen atoms in total. The number of hydrogen-bond donors (Lipinski definition) is 1. The van der Waals surface area contributed by atoms with Crippen LogP contribution >= 0.6 is 23.3 Å². The number of methoxy groups -OCH3 is 1. The minimum absolute atomic E-state index is 0.727. The monoisotopic (exact) mass is 295 g/mol. The molecule has 0 aliphatic rings. The molecule has 1 aromatic carbocycles. The van der Waals surface area contributed by atoms with E-state index in [2.05, 4.69) is 38.9 Å². The van der Waals surface area contributed by atoms with E-state index >= 15 is 0 Å². The van der Waals surface area contributed by atoms with Gasteiger partial charge in [-0.1, -0.05) is 30.0 Å². The standard InChI is InChI=1S/C13H17N3OS2/c1-10-15-13(19-16-10)18-12-6-4-3-5-11(12)9-14-7-8-17-2/h3-6,14H,7-9H2,1-2H3. The molecule has 0 aliphatic heterocycles. The third-order valence-corrected chi connectivity index (χ3v) is 4.44. The van der Waals surface area contributed by atoms with Crippen molar-refractivity contribution in [3.8, 4) is 0 Å². The molecular weight excluding hydrogens is 278 g/mol. The predicted octanol–water partition coefficient (Wildman–Crippen LogP) is 2.73. The number of benzene rings is 1. The first-order valence-electron chi connectivity index (χ1n) is 6.05. The Labute approximate surface area is 121 Å². The second-order valence-electron chi connectivity index (χ2n) is 3.99. The number of rotatable bonds is 7. The van der Waals surface area contributed by atoms with Crippen LogP contribution in [-0.2, 0) is 11.3 Å². The zero-order valence-corrected chi connectivity index (χ0v) is 12.7. The topological polar surface area (TPSA) is 47.0 Å². The van der Waals surface area contributed by atoms with E-state index in [1.165, 1.54) is 22.0 Å². The van der Waals surface area contributed by atoms with Gasteiger partial charge in [-0.05, 0) is 30.1 Å². The maximum atomic E-state index is 5.02. The summed E-state index contributed by atoms with van der Waals surface area (Å²) in [4.78, 5) is 5.61. The summed E-state index contributed by atoms with van der Waals surface area (Å²) in [5.41, 5.74) is 1.27. The fourth-order valence-electron chi connectivity index (χ4n) is 1.56. The normalized spacial score (nSPS) is 10.8. The lowest BCUT2D eigenvalue weighted by Gasteiger charge is -2.08. The van der Waals surface area contributed by atoms with Crippen LogP contribution in [0.1, 0.15) is 11.4 Å². The van der Waals surface area contributed by atoms with E-state index in [9.17, 15) is 0 Å². The first-order chi connectivity index (χ1) is 9.29. The Balaban J connectivity index is 1.99. The van der Waals surface area contributed by atoms with Gasteiger partial charge in [-0.3, -0.25) is 0 Å². The molecule has 2 aromatic rings. The molecule has 1 heterocycles.